The zero-order valence-corrected chi connectivity index (χ0v) is 15.4. The minimum absolute atomic E-state index is 0.0359. The zero-order chi connectivity index (χ0) is 18.7. The van der Waals surface area contributed by atoms with Crippen molar-refractivity contribution in [1.82, 2.24) is 24.5 Å². The molecule has 136 valence electrons. The van der Waals surface area contributed by atoms with Gasteiger partial charge in [-0.1, -0.05) is 23.9 Å². The minimum Gasteiger partial charge on any atom is -0.485 e. The van der Waals surface area contributed by atoms with Crippen LogP contribution >= 0.6 is 11.8 Å². The number of aromatic nitrogens is 5. The smallest absolute Gasteiger partial charge is 0.307 e. The molecule has 0 aliphatic carbocycles. The summed E-state index contributed by atoms with van der Waals surface area (Å²) in [6.45, 7) is 4.37. The van der Waals surface area contributed by atoms with E-state index in [1.54, 1.807) is 0 Å². The Balaban J connectivity index is 1.62. The van der Waals surface area contributed by atoms with Gasteiger partial charge in [0.1, 0.15) is 24.8 Å². The number of aryl methyl sites for hydroxylation is 1. The Morgan fingerprint density at radius 1 is 1.31 bits per heavy atom. The number of thioether (sulfide) groups is 1. The highest BCUT2D eigenvalue weighted by Gasteiger charge is 2.13. The van der Waals surface area contributed by atoms with Crippen molar-refractivity contribution in [3.63, 3.8) is 0 Å². The fourth-order valence-corrected chi connectivity index (χ4v) is 3.05. The van der Waals surface area contributed by atoms with Crippen LogP contribution in [0.4, 0.5) is 5.69 Å². The van der Waals surface area contributed by atoms with Gasteiger partial charge in [-0.2, -0.15) is 5.10 Å². The standard InChI is InChI=1S/C16H18N6O3S/c1-11-5-4-6-14(12(11)2)25-9-15-18-19-16(20(15)3)26-10-21-8-13(7-17-21)22(23)24/h4-8H,9-10H2,1-3H3. The van der Waals surface area contributed by atoms with E-state index in [1.165, 1.54) is 34.4 Å². The molecule has 0 aliphatic heterocycles. The van der Waals surface area contributed by atoms with Crippen LogP contribution in [0.3, 0.4) is 0 Å². The molecule has 2 heterocycles. The molecule has 0 N–H and O–H groups in total. The van der Waals surface area contributed by atoms with Crippen molar-refractivity contribution in [3.05, 3.63) is 57.7 Å². The molecule has 0 unspecified atom stereocenters. The molecule has 0 spiro atoms. The molecule has 0 saturated carbocycles. The van der Waals surface area contributed by atoms with Crippen molar-refractivity contribution in [1.29, 1.82) is 0 Å². The lowest BCUT2D eigenvalue weighted by Gasteiger charge is -2.10. The molecule has 26 heavy (non-hydrogen) atoms. The number of rotatable bonds is 7. The second-order valence-corrected chi connectivity index (χ2v) is 6.63. The van der Waals surface area contributed by atoms with Crippen LogP contribution in [0.25, 0.3) is 0 Å². The van der Waals surface area contributed by atoms with E-state index < -0.39 is 4.92 Å². The van der Waals surface area contributed by atoms with Crippen LogP contribution in [0, 0.1) is 24.0 Å². The van der Waals surface area contributed by atoms with Gasteiger partial charge < -0.3 is 9.30 Å². The molecular formula is C16H18N6O3S. The van der Waals surface area contributed by atoms with Gasteiger partial charge in [-0.15, -0.1) is 10.2 Å². The molecule has 0 aliphatic rings. The van der Waals surface area contributed by atoms with Gasteiger partial charge in [0.25, 0.3) is 0 Å². The third-order valence-corrected chi connectivity index (χ3v) is 5.00. The van der Waals surface area contributed by atoms with E-state index in [2.05, 4.69) is 15.3 Å². The van der Waals surface area contributed by atoms with Gasteiger partial charge in [0.05, 0.1) is 10.8 Å². The highest BCUT2D eigenvalue weighted by atomic mass is 32.2. The van der Waals surface area contributed by atoms with Gasteiger partial charge in [0, 0.05) is 7.05 Å². The van der Waals surface area contributed by atoms with E-state index in [0.29, 0.717) is 23.5 Å². The quantitative estimate of drug-likeness (QED) is 0.356. The number of ether oxygens (including phenoxy) is 1. The van der Waals surface area contributed by atoms with Crippen LogP contribution in [-0.4, -0.2) is 29.5 Å². The average molecular weight is 374 g/mol. The third-order valence-electron chi connectivity index (χ3n) is 3.99. The van der Waals surface area contributed by atoms with Crippen LogP contribution < -0.4 is 4.74 Å². The van der Waals surface area contributed by atoms with E-state index in [9.17, 15) is 10.1 Å². The summed E-state index contributed by atoms with van der Waals surface area (Å²) < 4.78 is 9.20. The Morgan fingerprint density at radius 3 is 2.85 bits per heavy atom. The molecule has 10 heteroatoms. The summed E-state index contributed by atoms with van der Waals surface area (Å²) in [5.41, 5.74) is 2.24. The molecule has 0 fully saturated rings. The largest absolute Gasteiger partial charge is 0.485 e. The fourth-order valence-electron chi connectivity index (χ4n) is 2.26. The SMILES string of the molecule is Cc1cccc(OCc2nnc(SCn3cc([N+](=O)[O-])cn3)n2C)c1C. The maximum absolute atomic E-state index is 10.7. The summed E-state index contributed by atoms with van der Waals surface area (Å²) in [6.07, 6.45) is 2.61. The Kier molecular flexibility index (Phi) is 5.21. The first-order chi connectivity index (χ1) is 12.5. The highest BCUT2D eigenvalue weighted by molar-refractivity contribution is 7.98. The first-order valence-electron chi connectivity index (χ1n) is 7.82. The van der Waals surface area contributed by atoms with Crippen LogP contribution in [0.2, 0.25) is 0 Å². The molecule has 9 nitrogen and oxygen atoms in total. The maximum Gasteiger partial charge on any atom is 0.307 e. The second kappa shape index (κ2) is 7.56. The van der Waals surface area contributed by atoms with E-state index in [0.717, 1.165) is 11.3 Å². The number of benzene rings is 1. The summed E-state index contributed by atoms with van der Waals surface area (Å²) in [4.78, 5) is 10.2. The van der Waals surface area contributed by atoms with Crippen LogP contribution in [0.1, 0.15) is 17.0 Å². The van der Waals surface area contributed by atoms with E-state index >= 15 is 0 Å². The topological polar surface area (TPSA) is 101 Å². The van der Waals surface area contributed by atoms with Crippen LogP contribution in [0.5, 0.6) is 5.75 Å². The molecule has 2 aromatic heterocycles. The number of hydrogen-bond donors (Lipinski definition) is 0. The minimum atomic E-state index is -0.473. The van der Waals surface area contributed by atoms with E-state index in [1.807, 2.05) is 43.7 Å². The second-order valence-electron chi connectivity index (χ2n) is 5.71. The molecule has 3 rings (SSSR count). The monoisotopic (exact) mass is 374 g/mol. The lowest BCUT2D eigenvalue weighted by atomic mass is 10.1. The van der Waals surface area contributed by atoms with Gasteiger partial charge >= 0.3 is 5.69 Å². The Bertz CT molecular complexity index is 936. The Morgan fingerprint density at radius 2 is 2.12 bits per heavy atom. The zero-order valence-electron chi connectivity index (χ0n) is 14.6. The normalized spacial score (nSPS) is 10.9. The molecule has 0 radical (unpaired) electrons. The third kappa shape index (κ3) is 3.85. The van der Waals surface area contributed by atoms with Crippen molar-refractivity contribution < 1.29 is 9.66 Å². The van der Waals surface area contributed by atoms with E-state index in [4.69, 9.17) is 4.74 Å². The lowest BCUT2D eigenvalue weighted by Crippen LogP contribution is -2.05. The highest BCUT2D eigenvalue weighted by Crippen LogP contribution is 2.23. The summed E-state index contributed by atoms with van der Waals surface area (Å²) >= 11 is 1.38. The predicted molar refractivity (Wildman–Crippen MR) is 96.0 cm³/mol. The average Bonchev–Trinajstić information content (AvgIpc) is 3.22. The fraction of sp³-hybridized carbons (Fsp3) is 0.312. The van der Waals surface area contributed by atoms with Crippen molar-refractivity contribution in [2.75, 3.05) is 0 Å². The summed E-state index contributed by atoms with van der Waals surface area (Å²) in [5, 5.41) is 23.6. The molecule has 0 atom stereocenters. The Labute approximate surface area is 154 Å². The summed E-state index contributed by atoms with van der Waals surface area (Å²) in [7, 11) is 1.86. The van der Waals surface area contributed by atoms with E-state index in [-0.39, 0.29) is 5.69 Å². The molecule has 0 amide bonds. The number of nitro groups is 1. The first-order valence-corrected chi connectivity index (χ1v) is 8.81. The van der Waals surface area contributed by atoms with Gasteiger partial charge in [-0.25, -0.2) is 0 Å². The van der Waals surface area contributed by atoms with Crippen molar-refractivity contribution in [2.45, 2.75) is 31.5 Å². The molecule has 0 saturated heterocycles. The summed E-state index contributed by atoms with van der Waals surface area (Å²) in [6, 6.07) is 5.93. The lowest BCUT2D eigenvalue weighted by molar-refractivity contribution is -0.385. The van der Waals surface area contributed by atoms with Crippen molar-refractivity contribution in [3.8, 4) is 5.75 Å². The Hall–Kier alpha value is -2.88. The van der Waals surface area contributed by atoms with Crippen LogP contribution in [0.15, 0.2) is 35.7 Å². The molecular weight excluding hydrogens is 356 g/mol. The van der Waals surface area contributed by atoms with Gasteiger partial charge in [0.2, 0.25) is 0 Å². The predicted octanol–water partition coefficient (Wildman–Crippen LogP) is 2.87. The van der Waals surface area contributed by atoms with Gasteiger partial charge in [-0.05, 0) is 31.0 Å². The molecule has 1 aromatic carbocycles. The van der Waals surface area contributed by atoms with Crippen LogP contribution in [-0.2, 0) is 19.5 Å². The molecule has 0 bridgehead atoms. The first kappa shape index (κ1) is 17.9. The number of nitrogens with zero attached hydrogens (tertiary/aromatic N) is 6. The van der Waals surface area contributed by atoms with Crippen molar-refractivity contribution in [2.24, 2.45) is 7.05 Å². The van der Waals surface area contributed by atoms with Gasteiger partial charge in [-0.3, -0.25) is 14.8 Å². The summed E-state index contributed by atoms with van der Waals surface area (Å²) in [5.74, 6) is 1.92. The van der Waals surface area contributed by atoms with Gasteiger partial charge in [0.15, 0.2) is 11.0 Å². The van der Waals surface area contributed by atoms with Crippen molar-refractivity contribution >= 4 is 17.4 Å². The number of hydrogen-bond acceptors (Lipinski definition) is 7. The molecule has 3 aromatic rings. The maximum atomic E-state index is 10.7.